The van der Waals surface area contributed by atoms with Gasteiger partial charge in [-0.05, 0) is 69.0 Å². The van der Waals surface area contributed by atoms with Gasteiger partial charge >= 0.3 is 6.03 Å². The predicted molar refractivity (Wildman–Crippen MR) is 124 cm³/mol. The van der Waals surface area contributed by atoms with Gasteiger partial charge in [-0.25, -0.2) is 4.79 Å². The molecule has 3 rings (SSSR count). The number of nitrogens with zero attached hydrogens (tertiary/aromatic N) is 1. The fraction of sp³-hybridized carbons (Fsp3) is 0.440. The number of rotatable bonds is 7. The Labute approximate surface area is 185 Å². The van der Waals surface area contributed by atoms with Gasteiger partial charge in [-0.2, -0.15) is 0 Å². The van der Waals surface area contributed by atoms with Crippen molar-refractivity contribution in [2.24, 2.45) is 5.92 Å². The number of hydrogen-bond acceptors (Lipinski definition) is 3. The van der Waals surface area contributed by atoms with Gasteiger partial charge in [-0.3, -0.25) is 4.79 Å². The number of anilines is 1. The van der Waals surface area contributed by atoms with Crippen molar-refractivity contribution in [2.45, 2.75) is 52.5 Å². The second kappa shape index (κ2) is 10.8. The van der Waals surface area contributed by atoms with Crippen molar-refractivity contribution in [1.82, 2.24) is 10.2 Å². The van der Waals surface area contributed by atoms with Crippen LogP contribution in [0.1, 0.15) is 45.1 Å². The Morgan fingerprint density at radius 3 is 2.06 bits per heavy atom. The maximum Gasteiger partial charge on any atom is 0.319 e. The summed E-state index contributed by atoms with van der Waals surface area (Å²) in [6.07, 6.45) is 3.32. The molecule has 1 heterocycles. The zero-order valence-corrected chi connectivity index (χ0v) is 18.7. The van der Waals surface area contributed by atoms with E-state index in [1.165, 1.54) is 5.56 Å². The highest BCUT2D eigenvalue weighted by Gasteiger charge is 2.27. The first kappa shape index (κ1) is 22.7. The van der Waals surface area contributed by atoms with Crippen molar-refractivity contribution in [3.8, 4) is 11.5 Å². The monoisotopic (exact) mass is 423 g/mol. The molecule has 0 bridgehead atoms. The number of piperidine rings is 1. The SMILES string of the molecule is CCC(CC)C(=O)N1CCC(NC(=O)Nc2ccc(Oc3ccc(C)cc3)cc2)CC1. The molecular weight excluding hydrogens is 390 g/mol. The molecule has 1 saturated heterocycles. The lowest BCUT2D eigenvalue weighted by atomic mass is 9.98. The highest BCUT2D eigenvalue weighted by molar-refractivity contribution is 5.89. The summed E-state index contributed by atoms with van der Waals surface area (Å²) in [6, 6.07) is 15.0. The Kier molecular flexibility index (Phi) is 7.93. The van der Waals surface area contributed by atoms with Crippen LogP contribution in [0.4, 0.5) is 10.5 Å². The minimum Gasteiger partial charge on any atom is -0.457 e. The van der Waals surface area contributed by atoms with Crippen LogP contribution in [0.25, 0.3) is 0 Å². The average Bonchev–Trinajstić information content (AvgIpc) is 2.78. The number of urea groups is 1. The summed E-state index contributed by atoms with van der Waals surface area (Å²) in [5.74, 6) is 1.86. The molecule has 2 aromatic rings. The molecule has 0 saturated carbocycles. The first-order valence-corrected chi connectivity index (χ1v) is 11.2. The normalized spacial score (nSPS) is 14.4. The van der Waals surface area contributed by atoms with Gasteiger partial charge in [-0.15, -0.1) is 0 Å². The first-order valence-electron chi connectivity index (χ1n) is 11.2. The van der Waals surface area contributed by atoms with E-state index in [-0.39, 0.29) is 23.9 Å². The molecule has 0 spiro atoms. The minimum absolute atomic E-state index is 0.0786. The van der Waals surface area contributed by atoms with E-state index in [9.17, 15) is 9.59 Å². The average molecular weight is 424 g/mol. The number of carbonyl (C=O) groups excluding carboxylic acids is 2. The lowest BCUT2D eigenvalue weighted by Gasteiger charge is -2.34. The second-order valence-electron chi connectivity index (χ2n) is 8.15. The summed E-state index contributed by atoms with van der Waals surface area (Å²) < 4.78 is 5.82. The topological polar surface area (TPSA) is 70.7 Å². The maximum atomic E-state index is 12.5. The first-order chi connectivity index (χ1) is 15.0. The highest BCUT2D eigenvalue weighted by atomic mass is 16.5. The Morgan fingerprint density at radius 2 is 1.52 bits per heavy atom. The van der Waals surface area contributed by atoms with E-state index in [1.807, 2.05) is 60.4 Å². The van der Waals surface area contributed by atoms with E-state index < -0.39 is 0 Å². The Bertz CT molecular complexity index is 853. The number of hydrogen-bond donors (Lipinski definition) is 2. The zero-order valence-electron chi connectivity index (χ0n) is 18.7. The summed E-state index contributed by atoms with van der Waals surface area (Å²) in [6.45, 7) is 7.56. The van der Waals surface area contributed by atoms with Gasteiger partial charge in [0.25, 0.3) is 0 Å². The summed E-state index contributed by atoms with van der Waals surface area (Å²) in [5, 5.41) is 5.90. The van der Waals surface area contributed by atoms with Gasteiger partial charge in [-0.1, -0.05) is 31.5 Å². The molecule has 3 amide bonds. The van der Waals surface area contributed by atoms with Crippen LogP contribution in [0, 0.1) is 12.8 Å². The van der Waals surface area contributed by atoms with E-state index in [0.717, 1.165) is 31.4 Å². The molecule has 2 N–H and O–H groups in total. The molecule has 1 aliphatic heterocycles. The predicted octanol–water partition coefficient (Wildman–Crippen LogP) is 5.34. The molecular formula is C25H33N3O3. The molecule has 6 heteroatoms. The van der Waals surface area contributed by atoms with Gasteiger partial charge in [0.2, 0.25) is 5.91 Å². The Morgan fingerprint density at radius 1 is 0.968 bits per heavy atom. The van der Waals surface area contributed by atoms with E-state index in [2.05, 4.69) is 24.5 Å². The minimum atomic E-state index is -0.225. The van der Waals surface area contributed by atoms with E-state index >= 15 is 0 Å². The van der Waals surface area contributed by atoms with Crippen LogP contribution in [-0.2, 0) is 4.79 Å². The van der Waals surface area contributed by atoms with Crippen molar-refractivity contribution in [3.63, 3.8) is 0 Å². The van der Waals surface area contributed by atoms with E-state index in [1.54, 1.807) is 0 Å². The maximum absolute atomic E-state index is 12.5. The number of nitrogens with one attached hydrogen (secondary N) is 2. The van der Waals surface area contributed by atoms with Gasteiger partial charge in [0.05, 0.1) is 0 Å². The summed E-state index contributed by atoms with van der Waals surface area (Å²) >= 11 is 0. The van der Waals surface area contributed by atoms with Crippen molar-refractivity contribution in [2.75, 3.05) is 18.4 Å². The summed E-state index contributed by atoms with van der Waals surface area (Å²) in [7, 11) is 0. The second-order valence-corrected chi connectivity index (χ2v) is 8.15. The number of ether oxygens (including phenoxy) is 1. The van der Waals surface area contributed by atoms with Crippen LogP contribution in [0.3, 0.4) is 0 Å². The van der Waals surface area contributed by atoms with Gasteiger partial charge in [0.1, 0.15) is 11.5 Å². The fourth-order valence-corrected chi connectivity index (χ4v) is 3.84. The summed E-state index contributed by atoms with van der Waals surface area (Å²) in [4.78, 5) is 26.8. The smallest absolute Gasteiger partial charge is 0.319 e. The summed E-state index contributed by atoms with van der Waals surface area (Å²) in [5.41, 5.74) is 1.89. The standard InChI is InChI=1S/C25H33N3O3/c1-4-19(5-2)24(29)28-16-14-21(15-17-28)27-25(30)26-20-8-12-23(13-9-20)31-22-10-6-18(3)7-11-22/h6-13,19,21H,4-5,14-17H2,1-3H3,(H2,26,27,30). The number of likely N-dealkylation sites (tertiary alicyclic amines) is 1. The zero-order chi connectivity index (χ0) is 22.2. The molecule has 0 aliphatic carbocycles. The van der Waals surface area contributed by atoms with Crippen molar-refractivity contribution >= 4 is 17.6 Å². The van der Waals surface area contributed by atoms with E-state index in [0.29, 0.717) is 24.5 Å². The Balaban J connectivity index is 1.43. The third-order valence-electron chi connectivity index (χ3n) is 5.85. The van der Waals surface area contributed by atoms with Crippen molar-refractivity contribution in [1.29, 1.82) is 0 Å². The van der Waals surface area contributed by atoms with Crippen LogP contribution in [-0.4, -0.2) is 36.0 Å². The van der Waals surface area contributed by atoms with E-state index in [4.69, 9.17) is 4.74 Å². The molecule has 0 radical (unpaired) electrons. The Hall–Kier alpha value is -3.02. The molecule has 31 heavy (non-hydrogen) atoms. The largest absolute Gasteiger partial charge is 0.457 e. The number of amides is 3. The highest BCUT2D eigenvalue weighted by Crippen LogP contribution is 2.23. The van der Waals surface area contributed by atoms with Crippen LogP contribution >= 0.6 is 0 Å². The molecule has 1 fully saturated rings. The molecule has 0 aromatic heterocycles. The van der Waals surface area contributed by atoms with Gasteiger partial charge < -0.3 is 20.3 Å². The fourth-order valence-electron chi connectivity index (χ4n) is 3.84. The number of carbonyl (C=O) groups is 2. The van der Waals surface area contributed by atoms with Crippen LogP contribution in [0.5, 0.6) is 11.5 Å². The quantitative estimate of drug-likeness (QED) is 0.632. The third kappa shape index (κ3) is 6.48. The molecule has 166 valence electrons. The van der Waals surface area contributed by atoms with Crippen molar-refractivity contribution in [3.05, 3.63) is 54.1 Å². The molecule has 2 aromatic carbocycles. The third-order valence-corrected chi connectivity index (χ3v) is 5.85. The molecule has 6 nitrogen and oxygen atoms in total. The molecule has 1 aliphatic rings. The number of aryl methyl sites for hydroxylation is 1. The van der Waals surface area contributed by atoms with Crippen LogP contribution < -0.4 is 15.4 Å². The van der Waals surface area contributed by atoms with Gasteiger partial charge in [0, 0.05) is 30.7 Å². The lowest BCUT2D eigenvalue weighted by Crippen LogP contribution is -2.48. The van der Waals surface area contributed by atoms with Gasteiger partial charge in [0.15, 0.2) is 0 Å². The van der Waals surface area contributed by atoms with Crippen molar-refractivity contribution < 1.29 is 14.3 Å². The molecule has 0 atom stereocenters. The van der Waals surface area contributed by atoms with Crippen LogP contribution in [0.2, 0.25) is 0 Å². The number of benzene rings is 2. The lowest BCUT2D eigenvalue weighted by molar-refractivity contribution is -0.136. The molecule has 0 unspecified atom stereocenters. The van der Waals surface area contributed by atoms with Crippen LogP contribution in [0.15, 0.2) is 48.5 Å².